The fourth-order valence-electron chi connectivity index (χ4n) is 4.37. The van der Waals surface area contributed by atoms with E-state index >= 15 is 0 Å². The third-order valence-electron chi connectivity index (χ3n) is 6.24. The number of rotatable bonds is 6. The van der Waals surface area contributed by atoms with E-state index in [1.807, 2.05) is 22.1 Å². The van der Waals surface area contributed by atoms with Crippen molar-refractivity contribution in [2.75, 3.05) is 33.4 Å². The van der Waals surface area contributed by atoms with Gasteiger partial charge in [-0.15, -0.1) is 0 Å². The second-order valence-corrected chi connectivity index (χ2v) is 9.43. The van der Waals surface area contributed by atoms with Crippen LogP contribution < -0.4 is 0 Å². The zero-order chi connectivity index (χ0) is 23.5. The number of amides is 1. The van der Waals surface area contributed by atoms with E-state index < -0.39 is 0 Å². The van der Waals surface area contributed by atoms with Gasteiger partial charge in [0.2, 0.25) is 5.91 Å². The molecule has 3 aliphatic rings. The molecule has 8 heteroatoms. The number of fused-ring (bicyclic) bond motifs is 1. The molecule has 33 heavy (non-hydrogen) atoms. The largest absolute Gasteiger partial charge is 0.466 e. The van der Waals surface area contributed by atoms with Crippen LogP contribution in [0.1, 0.15) is 56.7 Å². The van der Waals surface area contributed by atoms with Gasteiger partial charge in [-0.3, -0.25) is 4.79 Å². The molecule has 3 aliphatic heterocycles. The van der Waals surface area contributed by atoms with Crippen molar-refractivity contribution < 1.29 is 19.1 Å². The van der Waals surface area contributed by atoms with E-state index in [1.165, 1.54) is 24.4 Å². The molecule has 0 spiro atoms. The molecule has 0 aromatic heterocycles. The summed E-state index contributed by atoms with van der Waals surface area (Å²) in [6.07, 6.45) is 0.869. The Morgan fingerprint density at radius 2 is 1.91 bits per heavy atom. The highest BCUT2D eigenvalue weighted by atomic mass is 32.2. The number of hydrogen-bond acceptors (Lipinski definition) is 7. The zero-order valence-electron chi connectivity index (χ0n) is 19.7. The van der Waals surface area contributed by atoms with Crippen molar-refractivity contribution in [3.8, 4) is 0 Å². The summed E-state index contributed by atoms with van der Waals surface area (Å²) in [6.45, 7) is 8.65. The molecule has 7 nitrogen and oxygen atoms in total. The minimum atomic E-state index is -0.389. The number of carbonyl (C=O) groups excluding carboxylic acids is 2. The molecule has 3 heterocycles. The SMILES string of the molecule is CCC1=C(C(=O)OC)[C@H](c2ccc(C(C)C)cc2)N2C(CC(=O)N3CCOCC3)=CSC2=N1. The van der Waals surface area contributed by atoms with E-state index in [0.717, 1.165) is 22.1 Å². The zero-order valence-corrected chi connectivity index (χ0v) is 20.5. The Hall–Kier alpha value is -2.58. The monoisotopic (exact) mass is 469 g/mol. The lowest BCUT2D eigenvalue weighted by molar-refractivity contribution is -0.136. The Morgan fingerprint density at radius 1 is 1.21 bits per heavy atom. The molecule has 1 atom stereocenters. The number of aliphatic imine (C=N–C) groups is 1. The van der Waals surface area contributed by atoms with Crippen molar-refractivity contribution in [2.24, 2.45) is 4.99 Å². The van der Waals surface area contributed by atoms with E-state index in [2.05, 4.69) is 38.1 Å². The molecule has 0 N–H and O–H groups in total. The summed E-state index contributed by atoms with van der Waals surface area (Å²) in [5, 5.41) is 2.78. The lowest BCUT2D eigenvalue weighted by Gasteiger charge is -2.37. The highest BCUT2D eigenvalue weighted by Gasteiger charge is 2.41. The van der Waals surface area contributed by atoms with Crippen LogP contribution in [0.5, 0.6) is 0 Å². The average Bonchev–Trinajstić information content (AvgIpc) is 3.25. The van der Waals surface area contributed by atoms with Gasteiger partial charge in [0.1, 0.15) is 0 Å². The van der Waals surface area contributed by atoms with E-state index in [4.69, 9.17) is 14.5 Å². The number of hydrogen-bond donors (Lipinski definition) is 0. The predicted octanol–water partition coefficient (Wildman–Crippen LogP) is 4.20. The van der Waals surface area contributed by atoms with Crippen LogP contribution in [0, 0.1) is 0 Å². The first-order valence-electron chi connectivity index (χ1n) is 11.4. The van der Waals surface area contributed by atoms with Crippen molar-refractivity contribution in [2.45, 2.75) is 45.6 Å². The number of amidine groups is 1. The topological polar surface area (TPSA) is 71.4 Å². The molecule has 0 radical (unpaired) electrons. The lowest BCUT2D eigenvalue weighted by atomic mass is 9.91. The van der Waals surface area contributed by atoms with Gasteiger partial charge in [0.15, 0.2) is 5.17 Å². The first kappa shape index (κ1) is 23.6. The number of esters is 1. The number of allylic oxidation sites excluding steroid dienone is 1. The fourth-order valence-corrected chi connectivity index (χ4v) is 5.31. The number of thioether (sulfide) groups is 1. The molecule has 0 unspecified atom stereocenters. The van der Waals surface area contributed by atoms with E-state index in [-0.39, 0.29) is 24.3 Å². The van der Waals surface area contributed by atoms with E-state index in [9.17, 15) is 9.59 Å². The minimum absolute atomic E-state index is 0.0604. The lowest BCUT2D eigenvalue weighted by Crippen LogP contribution is -2.42. The first-order valence-corrected chi connectivity index (χ1v) is 12.3. The van der Waals surface area contributed by atoms with E-state index in [0.29, 0.717) is 44.2 Å². The van der Waals surface area contributed by atoms with Crippen molar-refractivity contribution in [1.29, 1.82) is 0 Å². The molecule has 1 fully saturated rings. The maximum atomic E-state index is 13.0. The molecule has 1 aromatic rings. The van der Waals surface area contributed by atoms with Gasteiger partial charge in [-0.05, 0) is 28.9 Å². The van der Waals surface area contributed by atoms with Gasteiger partial charge < -0.3 is 19.3 Å². The second-order valence-electron chi connectivity index (χ2n) is 8.59. The fraction of sp³-hybridized carbons (Fsp3) is 0.480. The van der Waals surface area contributed by atoms with Gasteiger partial charge in [-0.2, -0.15) is 0 Å². The average molecular weight is 470 g/mol. The Kier molecular flexibility index (Phi) is 7.24. The summed E-state index contributed by atoms with van der Waals surface area (Å²) < 4.78 is 10.6. The molecule has 4 rings (SSSR count). The maximum Gasteiger partial charge on any atom is 0.338 e. The molecule has 1 aromatic carbocycles. The van der Waals surface area contributed by atoms with Crippen LogP contribution in [0.4, 0.5) is 0 Å². The third-order valence-corrected chi connectivity index (χ3v) is 7.13. The standard InChI is InChI=1S/C25H31N3O4S/c1-5-20-22(24(30)31-4)23(18-8-6-17(7-9-18)16(2)3)28-19(15-33-25(28)26-20)14-21(29)27-10-12-32-13-11-27/h6-9,15-16,23H,5,10-14H2,1-4H3/t23-/m0/s1. The van der Waals surface area contributed by atoms with E-state index in [1.54, 1.807) is 0 Å². The van der Waals surface area contributed by atoms with Crippen LogP contribution in [-0.2, 0) is 19.1 Å². The van der Waals surface area contributed by atoms with Gasteiger partial charge in [0.25, 0.3) is 0 Å². The Bertz CT molecular complexity index is 1010. The van der Waals surface area contributed by atoms with Gasteiger partial charge >= 0.3 is 5.97 Å². The quantitative estimate of drug-likeness (QED) is 0.582. The van der Waals surface area contributed by atoms with Crippen LogP contribution >= 0.6 is 11.8 Å². The van der Waals surface area contributed by atoms with Crippen LogP contribution in [0.25, 0.3) is 0 Å². The molecule has 1 amide bonds. The summed E-state index contributed by atoms with van der Waals surface area (Å²) in [7, 11) is 1.40. The van der Waals surface area contributed by atoms with Crippen molar-refractivity contribution >= 4 is 28.8 Å². The molecule has 0 bridgehead atoms. The highest BCUT2D eigenvalue weighted by molar-refractivity contribution is 8.16. The smallest absolute Gasteiger partial charge is 0.338 e. The first-order chi connectivity index (χ1) is 15.9. The summed E-state index contributed by atoms with van der Waals surface area (Å²) >= 11 is 1.50. The number of ether oxygens (including phenoxy) is 2. The number of benzene rings is 1. The van der Waals surface area contributed by atoms with Crippen molar-refractivity contribution in [3.63, 3.8) is 0 Å². The third kappa shape index (κ3) is 4.73. The Morgan fingerprint density at radius 3 is 2.52 bits per heavy atom. The molecule has 0 aliphatic carbocycles. The van der Waals surface area contributed by atoms with Crippen molar-refractivity contribution in [1.82, 2.24) is 9.80 Å². The minimum Gasteiger partial charge on any atom is -0.466 e. The number of methoxy groups -OCH3 is 1. The predicted molar refractivity (Wildman–Crippen MR) is 130 cm³/mol. The van der Waals surface area contributed by atoms with Crippen LogP contribution in [0.15, 0.2) is 51.6 Å². The van der Waals surface area contributed by atoms with Gasteiger partial charge in [0.05, 0.1) is 44.1 Å². The summed E-state index contributed by atoms with van der Waals surface area (Å²) in [5.74, 6) is 0.0850. The Labute approximate surface area is 199 Å². The van der Waals surface area contributed by atoms with Gasteiger partial charge in [-0.25, -0.2) is 9.79 Å². The summed E-state index contributed by atoms with van der Waals surface area (Å²) in [5.41, 5.74) is 4.33. The number of morpholine rings is 1. The Balaban J connectivity index is 1.71. The second kappa shape index (κ2) is 10.1. The molecule has 1 saturated heterocycles. The molecule has 0 saturated carbocycles. The van der Waals surface area contributed by atoms with Crippen molar-refractivity contribution in [3.05, 3.63) is 57.8 Å². The van der Waals surface area contributed by atoms with Crippen LogP contribution in [0.3, 0.4) is 0 Å². The number of nitrogens with zero attached hydrogens (tertiary/aromatic N) is 3. The molecule has 176 valence electrons. The number of carbonyl (C=O) groups is 2. The van der Waals surface area contributed by atoms with Gasteiger partial charge in [0, 0.05) is 18.8 Å². The van der Waals surface area contributed by atoms with Gasteiger partial charge in [-0.1, -0.05) is 56.8 Å². The highest BCUT2D eigenvalue weighted by Crippen LogP contribution is 2.45. The van der Waals surface area contributed by atoms with Crippen LogP contribution in [-0.4, -0.2) is 60.3 Å². The summed E-state index contributed by atoms with van der Waals surface area (Å²) in [6, 6.07) is 7.97. The summed E-state index contributed by atoms with van der Waals surface area (Å²) in [4.78, 5) is 34.7. The maximum absolute atomic E-state index is 13.0. The van der Waals surface area contributed by atoms with Crippen LogP contribution in [0.2, 0.25) is 0 Å². The molecular formula is C25H31N3O4S. The molecular weight excluding hydrogens is 438 g/mol. The normalized spacial score (nSPS) is 20.6.